The first-order chi connectivity index (χ1) is 10.5. The molecule has 0 aromatic heterocycles. The fraction of sp³-hybridized carbons (Fsp3) is 0.533. The van der Waals surface area contributed by atoms with Crippen LogP contribution in [0, 0.1) is 11.3 Å². The van der Waals surface area contributed by atoms with Crippen molar-refractivity contribution >= 4 is 11.9 Å². The molecule has 0 spiro atoms. The Morgan fingerprint density at radius 2 is 1.73 bits per heavy atom. The number of carbonyl (C=O) groups is 2. The molecule has 1 aliphatic rings. The van der Waals surface area contributed by atoms with Crippen molar-refractivity contribution < 1.29 is 19.1 Å². The summed E-state index contributed by atoms with van der Waals surface area (Å²) in [5.74, 6) is -1.24. The molecule has 7 nitrogen and oxygen atoms in total. The van der Waals surface area contributed by atoms with Gasteiger partial charge in [-0.15, -0.1) is 0 Å². The van der Waals surface area contributed by atoms with E-state index in [2.05, 4.69) is 0 Å². The second-order valence-electron chi connectivity index (χ2n) is 4.60. The van der Waals surface area contributed by atoms with Crippen LogP contribution in [0.1, 0.15) is 26.7 Å². The Kier molecular flexibility index (Phi) is 6.96. The van der Waals surface area contributed by atoms with E-state index in [1.54, 1.807) is 19.9 Å². The van der Waals surface area contributed by atoms with Crippen LogP contribution in [0.5, 0.6) is 0 Å². The number of nitrogens with two attached hydrogens (primary N) is 1. The van der Waals surface area contributed by atoms with Gasteiger partial charge in [-0.3, -0.25) is 0 Å². The van der Waals surface area contributed by atoms with Crippen LogP contribution in [-0.4, -0.2) is 43.1 Å². The van der Waals surface area contributed by atoms with E-state index in [1.165, 1.54) is 0 Å². The Morgan fingerprint density at radius 3 is 2.23 bits per heavy atom. The number of nitrogens with zero attached hydrogens (tertiary/aromatic N) is 2. The quantitative estimate of drug-likeness (QED) is 0.335. The third-order valence-electron chi connectivity index (χ3n) is 3.12. The maximum absolute atomic E-state index is 12.1. The molecular formula is C15H21N3O4. The predicted octanol–water partition coefficient (Wildman–Crippen LogP) is 0.829. The fourth-order valence-electron chi connectivity index (χ4n) is 2.06. The van der Waals surface area contributed by atoms with Crippen LogP contribution < -0.4 is 5.73 Å². The molecule has 1 heterocycles. The zero-order valence-electron chi connectivity index (χ0n) is 12.9. The summed E-state index contributed by atoms with van der Waals surface area (Å²) in [4.78, 5) is 25.6. The van der Waals surface area contributed by atoms with Gasteiger partial charge in [0.1, 0.15) is 23.0 Å². The Bertz CT molecular complexity index is 525. The molecule has 0 atom stereocenters. The van der Waals surface area contributed by atoms with Crippen LogP contribution in [0.25, 0.3) is 0 Å². The number of nitriles is 1. The molecular weight excluding hydrogens is 286 g/mol. The number of esters is 2. The Balaban J connectivity index is 3.19. The molecule has 0 aromatic rings. The lowest BCUT2D eigenvalue weighted by atomic mass is 10.1. The summed E-state index contributed by atoms with van der Waals surface area (Å²) >= 11 is 0. The van der Waals surface area contributed by atoms with E-state index in [4.69, 9.17) is 20.5 Å². The van der Waals surface area contributed by atoms with E-state index >= 15 is 0 Å². The van der Waals surface area contributed by atoms with Gasteiger partial charge in [0.15, 0.2) is 0 Å². The average Bonchev–Trinajstić information content (AvgIpc) is 3.02. The third kappa shape index (κ3) is 4.52. The molecule has 0 saturated carbocycles. The summed E-state index contributed by atoms with van der Waals surface area (Å²) in [5, 5.41) is 9.08. The number of hydrogen-bond acceptors (Lipinski definition) is 7. The van der Waals surface area contributed by atoms with Crippen molar-refractivity contribution in [3.05, 3.63) is 23.0 Å². The van der Waals surface area contributed by atoms with Gasteiger partial charge in [-0.1, -0.05) is 0 Å². The Labute approximate surface area is 130 Å². The number of carbonyl (C=O) groups excluding carboxylic acids is 2. The van der Waals surface area contributed by atoms with Crippen LogP contribution in [0.4, 0.5) is 0 Å². The largest absolute Gasteiger partial charge is 0.462 e. The highest BCUT2D eigenvalue weighted by Gasteiger charge is 2.22. The summed E-state index contributed by atoms with van der Waals surface area (Å²) in [6.45, 7) is 5.06. The number of hydrogen-bond donors (Lipinski definition) is 1. The highest BCUT2D eigenvalue weighted by atomic mass is 16.5. The third-order valence-corrected chi connectivity index (χ3v) is 3.12. The smallest absolute Gasteiger partial charge is 0.348 e. The molecule has 0 unspecified atom stereocenters. The van der Waals surface area contributed by atoms with Crippen LogP contribution in [-0.2, 0) is 19.1 Å². The minimum Gasteiger partial charge on any atom is -0.462 e. The van der Waals surface area contributed by atoms with E-state index in [9.17, 15) is 9.59 Å². The summed E-state index contributed by atoms with van der Waals surface area (Å²) in [5.41, 5.74) is 5.75. The van der Waals surface area contributed by atoms with Gasteiger partial charge in [-0.05, 0) is 32.8 Å². The van der Waals surface area contributed by atoms with Gasteiger partial charge < -0.3 is 20.1 Å². The molecule has 0 bridgehead atoms. The van der Waals surface area contributed by atoms with Gasteiger partial charge in [0.2, 0.25) is 0 Å². The molecule has 1 saturated heterocycles. The van der Waals surface area contributed by atoms with Crippen molar-refractivity contribution in [2.45, 2.75) is 26.7 Å². The molecule has 22 heavy (non-hydrogen) atoms. The molecule has 1 fully saturated rings. The highest BCUT2D eigenvalue weighted by Crippen LogP contribution is 2.17. The van der Waals surface area contributed by atoms with E-state index in [1.807, 2.05) is 4.90 Å². The fourth-order valence-corrected chi connectivity index (χ4v) is 2.06. The second kappa shape index (κ2) is 8.72. The van der Waals surface area contributed by atoms with E-state index in [0.29, 0.717) is 0 Å². The number of rotatable bonds is 6. The SMILES string of the molecule is CCOC(=O)C(/C=C(\C#N)C(=O)OCC)=C(/N)N1CCCC1. The van der Waals surface area contributed by atoms with Crippen molar-refractivity contribution in [3.63, 3.8) is 0 Å². The van der Waals surface area contributed by atoms with Gasteiger partial charge >= 0.3 is 11.9 Å². The number of likely N-dealkylation sites (tertiary alicyclic amines) is 1. The first-order valence-electron chi connectivity index (χ1n) is 7.25. The van der Waals surface area contributed by atoms with Gasteiger partial charge in [-0.25, -0.2) is 9.59 Å². The van der Waals surface area contributed by atoms with E-state index in [-0.39, 0.29) is 30.2 Å². The van der Waals surface area contributed by atoms with Crippen LogP contribution in [0.2, 0.25) is 0 Å². The predicted molar refractivity (Wildman–Crippen MR) is 79.0 cm³/mol. The van der Waals surface area contributed by atoms with Crippen molar-refractivity contribution in [3.8, 4) is 6.07 Å². The average molecular weight is 307 g/mol. The molecule has 0 aliphatic carbocycles. The highest BCUT2D eigenvalue weighted by molar-refractivity contribution is 5.99. The molecule has 0 amide bonds. The van der Waals surface area contributed by atoms with Crippen molar-refractivity contribution in [1.82, 2.24) is 4.90 Å². The van der Waals surface area contributed by atoms with Crippen molar-refractivity contribution in [2.75, 3.05) is 26.3 Å². The molecule has 0 aromatic carbocycles. The minimum atomic E-state index is -0.791. The lowest BCUT2D eigenvalue weighted by Crippen LogP contribution is -2.28. The standard InChI is InChI=1S/C15H21N3O4/c1-3-21-14(19)11(10-16)9-12(15(20)22-4-2)13(17)18-7-5-6-8-18/h9H,3-8,17H2,1-2H3/b11-9+,13-12-. The van der Waals surface area contributed by atoms with Crippen LogP contribution >= 0.6 is 0 Å². The van der Waals surface area contributed by atoms with Gasteiger partial charge in [0.25, 0.3) is 0 Å². The zero-order valence-corrected chi connectivity index (χ0v) is 12.9. The normalized spacial score (nSPS) is 15.9. The van der Waals surface area contributed by atoms with Crippen molar-refractivity contribution in [1.29, 1.82) is 5.26 Å². The molecule has 7 heteroatoms. The van der Waals surface area contributed by atoms with Crippen LogP contribution in [0.15, 0.2) is 23.0 Å². The molecule has 1 rings (SSSR count). The molecule has 0 radical (unpaired) electrons. The molecule has 1 aliphatic heterocycles. The summed E-state index contributed by atoms with van der Waals surface area (Å²) in [6, 6.07) is 1.73. The Hall–Kier alpha value is -2.49. The summed E-state index contributed by atoms with van der Waals surface area (Å²) < 4.78 is 9.74. The second-order valence-corrected chi connectivity index (χ2v) is 4.60. The van der Waals surface area contributed by atoms with Crippen LogP contribution in [0.3, 0.4) is 0 Å². The summed E-state index contributed by atoms with van der Waals surface area (Å²) in [7, 11) is 0. The topological polar surface area (TPSA) is 106 Å². The van der Waals surface area contributed by atoms with Crippen molar-refractivity contribution in [2.24, 2.45) is 5.73 Å². The van der Waals surface area contributed by atoms with Gasteiger partial charge in [0, 0.05) is 13.1 Å². The monoisotopic (exact) mass is 307 g/mol. The maximum Gasteiger partial charge on any atom is 0.348 e. The number of ether oxygens (including phenoxy) is 2. The Morgan fingerprint density at radius 1 is 1.18 bits per heavy atom. The molecule has 120 valence electrons. The van der Waals surface area contributed by atoms with E-state index < -0.39 is 11.9 Å². The summed E-state index contributed by atoms with van der Waals surface area (Å²) in [6.07, 6.45) is 3.09. The first-order valence-corrected chi connectivity index (χ1v) is 7.25. The lowest BCUT2D eigenvalue weighted by Gasteiger charge is -2.20. The first kappa shape index (κ1) is 17.6. The van der Waals surface area contributed by atoms with E-state index in [0.717, 1.165) is 32.0 Å². The lowest BCUT2D eigenvalue weighted by molar-refractivity contribution is -0.138. The molecule has 2 N–H and O–H groups in total. The zero-order chi connectivity index (χ0) is 16.5. The van der Waals surface area contributed by atoms with Gasteiger partial charge in [0.05, 0.1) is 13.2 Å². The maximum atomic E-state index is 12.1. The van der Waals surface area contributed by atoms with Gasteiger partial charge in [-0.2, -0.15) is 5.26 Å². The minimum absolute atomic E-state index is 0.00773.